The Morgan fingerprint density at radius 3 is 2.08 bits per heavy atom. The van der Waals surface area contributed by atoms with Gasteiger partial charge >= 0.3 is 18.2 Å². The van der Waals surface area contributed by atoms with Crippen LogP contribution in [0.3, 0.4) is 0 Å². The van der Waals surface area contributed by atoms with E-state index in [4.69, 9.17) is 14.2 Å². The molecule has 3 rings (SSSR count). The first kappa shape index (κ1) is 30.1. The quantitative estimate of drug-likeness (QED) is 0.434. The minimum Gasteiger partial charge on any atom is -0.460 e. The van der Waals surface area contributed by atoms with E-state index in [9.17, 15) is 22.8 Å². The number of carbonyl (C=O) groups is 2. The van der Waals surface area contributed by atoms with Crippen LogP contribution >= 0.6 is 0 Å². The molecule has 2 fully saturated rings. The number of alkyl halides is 3. The predicted molar refractivity (Wildman–Crippen MR) is 138 cm³/mol. The smallest absolute Gasteiger partial charge is 0.416 e. The summed E-state index contributed by atoms with van der Waals surface area (Å²) in [6.45, 7) is 12.7. The van der Waals surface area contributed by atoms with Gasteiger partial charge in [-0.1, -0.05) is 6.07 Å². The molecule has 0 spiro atoms. The molecule has 1 unspecified atom stereocenters. The molecule has 0 N–H and O–H groups in total. The number of likely N-dealkylation sites (tertiary alicyclic amines) is 1. The molecule has 2 saturated heterocycles. The van der Waals surface area contributed by atoms with Crippen molar-refractivity contribution in [3.05, 3.63) is 29.3 Å². The van der Waals surface area contributed by atoms with E-state index in [1.807, 2.05) is 25.7 Å². The van der Waals surface area contributed by atoms with Gasteiger partial charge < -0.3 is 24.0 Å². The SMILES string of the molecule is COCC1CN(C(=O)OC(C)(C)C)C[C@@H]1c1ccc(C(F)(F)F)cc1N1CCC(C(=O)OC(C)(C)C)CC1. The average Bonchev–Trinajstić information content (AvgIpc) is 3.20. The van der Waals surface area contributed by atoms with Gasteiger partial charge in [0.1, 0.15) is 11.2 Å². The van der Waals surface area contributed by atoms with Crippen molar-refractivity contribution in [3.8, 4) is 0 Å². The molecule has 1 amide bonds. The van der Waals surface area contributed by atoms with Crippen molar-refractivity contribution in [1.82, 2.24) is 4.90 Å². The Labute approximate surface area is 223 Å². The lowest BCUT2D eigenvalue weighted by molar-refractivity contribution is -0.160. The largest absolute Gasteiger partial charge is 0.460 e. The summed E-state index contributed by atoms with van der Waals surface area (Å²) in [5, 5.41) is 0. The first-order valence-corrected chi connectivity index (χ1v) is 13.1. The zero-order valence-electron chi connectivity index (χ0n) is 23.5. The second kappa shape index (κ2) is 11.3. The van der Waals surface area contributed by atoms with Crippen LogP contribution in [-0.2, 0) is 25.2 Å². The van der Waals surface area contributed by atoms with Gasteiger partial charge in [-0.05, 0) is 72.1 Å². The third kappa shape index (κ3) is 7.77. The summed E-state index contributed by atoms with van der Waals surface area (Å²) < 4.78 is 57.7. The number of hydrogen-bond donors (Lipinski definition) is 0. The minimum atomic E-state index is -4.49. The zero-order valence-corrected chi connectivity index (χ0v) is 23.5. The molecule has 0 aliphatic carbocycles. The van der Waals surface area contributed by atoms with Crippen molar-refractivity contribution >= 4 is 17.7 Å². The Balaban J connectivity index is 1.89. The van der Waals surface area contributed by atoms with Gasteiger partial charge in [0.05, 0.1) is 18.1 Å². The van der Waals surface area contributed by atoms with Crippen LogP contribution in [0, 0.1) is 11.8 Å². The Hall–Kier alpha value is -2.49. The van der Waals surface area contributed by atoms with E-state index in [0.717, 1.165) is 11.6 Å². The van der Waals surface area contributed by atoms with E-state index in [1.54, 1.807) is 32.8 Å². The zero-order chi connectivity index (χ0) is 28.5. The maximum absolute atomic E-state index is 13.7. The monoisotopic (exact) mass is 542 g/mol. The fourth-order valence-electron chi connectivity index (χ4n) is 5.13. The maximum atomic E-state index is 13.7. The van der Waals surface area contributed by atoms with Gasteiger partial charge in [0.15, 0.2) is 0 Å². The molecule has 214 valence electrons. The van der Waals surface area contributed by atoms with Gasteiger partial charge in [0, 0.05) is 50.8 Å². The highest BCUT2D eigenvalue weighted by Crippen LogP contribution is 2.42. The van der Waals surface area contributed by atoms with Crippen LogP contribution in [0.15, 0.2) is 18.2 Å². The molecule has 0 aromatic heterocycles. The number of piperidine rings is 1. The number of nitrogens with zero attached hydrogens (tertiary/aromatic N) is 2. The van der Waals surface area contributed by atoms with Crippen LogP contribution in [0.2, 0.25) is 0 Å². The third-order valence-electron chi connectivity index (χ3n) is 6.81. The highest BCUT2D eigenvalue weighted by Gasteiger charge is 2.41. The minimum absolute atomic E-state index is 0.109. The molecule has 2 heterocycles. The van der Waals surface area contributed by atoms with Crippen LogP contribution in [0.25, 0.3) is 0 Å². The molecular weight excluding hydrogens is 501 g/mol. The predicted octanol–water partition coefficient (Wildman–Crippen LogP) is 5.86. The molecule has 0 saturated carbocycles. The molecule has 2 aliphatic heterocycles. The van der Waals surface area contributed by atoms with Crippen molar-refractivity contribution in [1.29, 1.82) is 0 Å². The Morgan fingerprint density at radius 2 is 1.55 bits per heavy atom. The van der Waals surface area contributed by atoms with Crippen LogP contribution in [0.1, 0.15) is 71.4 Å². The Bertz CT molecular complexity index is 992. The summed E-state index contributed by atoms with van der Waals surface area (Å²) in [7, 11) is 1.57. The second-order valence-corrected chi connectivity index (χ2v) is 12.3. The second-order valence-electron chi connectivity index (χ2n) is 12.3. The van der Waals surface area contributed by atoms with E-state index in [-0.39, 0.29) is 23.7 Å². The number of amides is 1. The number of halogens is 3. The van der Waals surface area contributed by atoms with E-state index in [2.05, 4.69) is 0 Å². The average molecular weight is 543 g/mol. The first-order valence-electron chi connectivity index (χ1n) is 13.1. The summed E-state index contributed by atoms with van der Waals surface area (Å²) in [6.07, 6.45) is -3.97. The van der Waals surface area contributed by atoms with Crippen molar-refractivity contribution < 1.29 is 37.0 Å². The van der Waals surface area contributed by atoms with E-state index < -0.39 is 29.0 Å². The number of rotatable bonds is 5. The summed E-state index contributed by atoms with van der Waals surface area (Å²) in [6, 6.07) is 3.83. The molecule has 2 atom stereocenters. The third-order valence-corrected chi connectivity index (χ3v) is 6.81. The number of hydrogen-bond acceptors (Lipinski definition) is 6. The number of esters is 1. The van der Waals surface area contributed by atoms with Crippen LogP contribution in [0.4, 0.5) is 23.7 Å². The fourth-order valence-corrected chi connectivity index (χ4v) is 5.13. The van der Waals surface area contributed by atoms with Gasteiger partial charge in [-0.25, -0.2) is 4.79 Å². The molecule has 7 nitrogen and oxygen atoms in total. The normalized spacial score (nSPS) is 21.5. The van der Waals surface area contributed by atoms with Crippen molar-refractivity contribution in [3.63, 3.8) is 0 Å². The van der Waals surface area contributed by atoms with Gasteiger partial charge in [-0.2, -0.15) is 13.2 Å². The highest BCUT2D eigenvalue weighted by atomic mass is 19.4. The van der Waals surface area contributed by atoms with Crippen molar-refractivity contribution in [2.45, 2.75) is 77.7 Å². The van der Waals surface area contributed by atoms with Gasteiger partial charge in [0.25, 0.3) is 0 Å². The summed E-state index contributed by atoms with van der Waals surface area (Å²) in [5.74, 6) is -0.911. The highest BCUT2D eigenvalue weighted by molar-refractivity contribution is 5.73. The fraction of sp³-hybridized carbons (Fsp3) is 0.714. The molecule has 2 aliphatic rings. The number of anilines is 1. The van der Waals surface area contributed by atoms with Crippen LogP contribution < -0.4 is 4.90 Å². The molecule has 10 heteroatoms. The lowest BCUT2D eigenvalue weighted by atomic mass is 9.86. The Morgan fingerprint density at radius 1 is 0.947 bits per heavy atom. The summed E-state index contributed by atoms with van der Waals surface area (Å²) in [5.41, 5.74) is -0.761. The van der Waals surface area contributed by atoms with E-state index in [1.165, 1.54) is 12.1 Å². The standard InChI is InChI=1S/C28H41F3N2O5/c1-26(2,3)37-24(34)18-10-12-32(13-11-18)23-14-20(28(29,30)31)8-9-21(23)22-16-33(15-19(22)17-36-7)25(35)38-27(4,5)6/h8-9,14,18-19,22H,10-13,15-17H2,1-7H3/t19?,22-/m0/s1. The van der Waals surface area contributed by atoms with Crippen molar-refractivity contribution in [2.75, 3.05) is 44.8 Å². The summed E-state index contributed by atoms with van der Waals surface area (Å²) in [4.78, 5) is 28.9. The summed E-state index contributed by atoms with van der Waals surface area (Å²) >= 11 is 0. The maximum Gasteiger partial charge on any atom is 0.416 e. The molecule has 0 bridgehead atoms. The van der Waals surface area contributed by atoms with Crippen molar-refractivity contribution in [2.24, 2.45) is 11.8 Å². The molecular formula is C28H41F3N2O5. The van der Waals surface area contributed by atoms with E-state index in [0.29, 0.717) is 51.3 Å². The molecule has 0 radical (unpaired) electrons. The number of carbonyl (C=O) groups excluding carboxylic acids is 2. The topological polar surface area (TPSA) is 68.3 Å². The molecule has 38 heavy (non-hydrogen) atoms. The first-order chi connectivity index (χ1) is 17.5. The van der Waals surface area contributed by atoms with Gasteiger partial charge in [0.2, 0.25) is 0 Å². The number of methoxy groups -OCH3 is 1. The number of benzene rings is 1. The number of ether oxygens (including phenoxy) is 3. The molecule has 1 aromatic rings. The van der Waals surface area contributed by atoms with Gasteiger partial charge in [-0.3, -0.25) is 4.79 Å². The van der Waals surface area contributed by atoms with Gasteiger partial charge in [-0.15, -0.1) is 0 Å². The van der Waals surface area contributed by atoms with Crippen LogP contribution in [-0.4, -0.2) is 68.1 Å². The lowest BCUT2D eigenvalue weighted by Crippen LogP contribution is -2.39. The molecule has 1 aromatic carbocycles. The van der Waals surface area contributed by atoms with Crippen LogP contribution in [0.5, 0.6) is 0 Å². The Kier molecular flexibility index (Phi) is 8.95. The van der Waals surface area contributed by atoms with E-state index >= 15 is 0 Å². The lowest BCUT2D eigenvalue weighted by Gasteiger charge is -2.36.